The molecular formula is C11H12INO3. The molecule has 0 aliphatic carbocycles. The second-order valence-corrected chi connectivity index (χ2v) is 4.98. The average Bonchev–Trinajstić information content (AvgIpc) is 2.66. The Balaban J connectivity index is 1.94. The zero-order chi connectivity index (χ0) is 11.5. The Bertz CT molecular complexity index is 397. The van der Waals surface area contributed by atoms with Crippen molar-refractivity contribution in [3.8, 4) is 5.75 Å². The van der Waals surface area contributed by atoms with Gasteiger partial charge in [0.2, 0.25) is 0 Å². The van der Waals surface area contributed by atoms with Gasteiger partial charge in [0.25, 0.3) is 0 Å². The lowest BCUT2D eigenvalue weighted by molar-refractivity contribution is -0.139. The average molecular weight is 333 g/mol. The Morgan fingerprint density at radius 3 is 3.00 bits per heavy atom. The molecule has 0 spiro atoms. The number of ether oxygens (including phenoxy) is 1. The van der Waals surface area contributed by atoms with E-state index in [-0.39, 0.29) is 6.10 Å². The molecule has 2 atom stereocenters. The van der Waals surface area contributed by atoms with Gasteiger partial charge in [0.1, 0.15) is 17.9 Å². The Morgan fingerprint density at radius 1 is 1.56 bits per heavy atom. The normalized spacial score (nSPS) is 24.3. The number of carbonyl (C=O) groups is 1. The lowest BCUT2D eigenvalue weighted by Crippen LogP contribution is -2.30. The van der Waals surface area contributed by atoms with Gasteiger partial charge in [-0.15, -0.1) is 0 Å². The predicted octanol–water partition coefficient (Wildman–Crippen LogP) is 1.49. The molecule has 2 rings (SSSR count). The summed E-state index contributed by atoms with van der Waals surface area (Å²) in [5, 5.41) is 11.7. The summed E-state index contributed by atoms with van der Waals surface area (Å²) >= 11 is 2.22. The molecule has 86 valence electrons. The summed E-state index contributed by atoms with van der Waals surface area (Å²) in [6, 6.07) is 7.26. The van der Waals surface area contributed by atoms with Crippen molar-refractivity contribution in [1.82, 2.24) is 5.32 Å². The first-order chi connectivity index (χ1) is 7.65. The fourth-order valence-corrected chi connectivity index (χ4v) is 2.23. The van der Waals surface area contributed by atoms with Gasteiger partial charge in [0.15, 0.2) is 0 Å². The van der Waals surface area contributed by atoms with Crippen molar-refractivity contribution in [2.45, 2.75) is 18.6 Å². The molecule has 0 amide bonds. The van der Waals surface area contributed by atoms with Gasteiger partial charge in [-0.25, -0.2) is 0 Å². The molecular weight excluding hydrogens is 321 g/mol. The third kappa shape index (κ3) is 2.85. The van der Waals surface area contributed by atoms with Crippen molar-refractivity contribution in [2.75, 3.05) is 6.54 Å². The second-order valence-electron chi connectivity index (χ2n) is 3.73. The second kappa shape index (κ2) is 5.01. The van der Waals surface area contributed by atoms with Crippen molar-refractivity contribution < 1.29 is 14.6 Å². The first-order valence-electron chi connectivity index (χ1n) is 5.03. The highest BCUT2D eigenvalue weighted by Crippen LogP contribution is 2.19. The molecule has 1 aromatic rings. The molecule has 2 N–H and O–H groups in total. The van der Waals surface area contributed by atoms with Gasteiger partial charge < -0.3 is 15.2 Å². The minimum Gasteiger partial charge on any atom is -0.489 e. The maximum Gasteiger partial charge on any atom is 0.320 e. The van der Waals surface area contributed by atoms with E-state index in [9.17, 15) is 4.79 Å². The van der Waals surface area contributed by atoms with Crippen molar-refractivity contribution >= 4 is 28.6 Å². The molecule has 5 heteroatoms. The van der Waals surface area contributed by atoms with Crippen LogP contribution in [0, 0.1) is 3.57 Å². The van der Waals surface area contributed by atoms with Crippen molar-refractivity contribution in [1.29, 1.82) is 0 Å². The predicted molar refractivity (Wildman–Crippen MR) is 67.6 cm³/mol. The van der Waals surface area contributed by atoms with Crippen molar-refractivity contribution in [3.05, 3.63) is 27.8 Å². The van der Waals surface area contributed by atoms with Gasteiger partial charge in [0, 0.05) is 16.5 Å². The Hall–Kier alpha value is -0.820. The molecule has 1 aliphatic rings. The SMILES string of the molecule is O=C(O)C1CC(Oc2cccc(I)c2)CN1. The summed E-state index contributed by atoms with van der Waals surface area (Å²) in [6.07, 6.45) is 0.458. The van der Waals surface area contributed by atoms with Gasteiger partial charge >= 0.3 is 5.97 Å². The number of hydrogen-bond donors (Lipinski definition) is 2. The van der Waals surface area contributed by atoms with Crippen LogP contribution in [-0.2, 0) is 4.79 Å². The highest BCUT2D eigenvalue weighted by atomic mass is 127. The highest BCUT2D eigenvalue weighted by Gasteiger charge is 2.30. The minimum atomic E-state index is -0.811. The highest BCUT2D eigenvalue weighted by molar-refractivity contribution is 14.1. The summed E-state index contributed by atoms with van der Waals surface area (Å²) in [4.78, 5) is 10.7. The number of carboxylic acids is 1. The first kappa shape index (κ1) is 11.7. The zero-order valence-electron chi connectivity index (χ0n) is 8.52. The lowest BCUT2D eigenvalue weighted by Gasteiger charge is -2.12. The maximum absolute atomic E-state index is 10.7. The smallest absolute Gasteiger partial charge is 0.320 e. The Morgan fingerprint density at radius 2 is 2.38 bits per heavy atom. The van der Waals surface area contributed by atoms with Crippen LogP contribution >= 0.6 is 22.6 Å². The molecule has 16 heavy (non-hydrogen) atoms. The van der Waals surface area contributed by atoms with E-state index in [1.165, 1.54) is 0 Å². The first-order valence-corrected chi connectivity index (χ1v) is 6.11. The maximum atomic E-state index is 10.7. The molecule has 2 unspecified atom stereocenters. The molecule has 1 fully saturated rings. The molecule has 1 aliphatic heterocycles. The van der Waals surface area contributed by atoms with Crippen LogP contribution in [0.5, 0.6) is 5.75 Å². The molecule has 0 bridgehead atoms. The monoisotopic (exact) mass is 333 g/mol. The molecule has 0 aromatic heterocycles. The summed E-state index contributed by atoms with van der Waals surface area (Å²) in [7, 11) is 0. The number of benzene rings is 1. The van der Waals surface area contributed by atoms with Crippen LogP contribution < -0.4 is 10.1 Å². The van der Waals surface area contributed by atoms with Gasteiger partial charge in [0.05, 0.1) is 0 Å². The number of rotatable bonds is 3. The lowest BCUT2D eigenvalue weighted by atomic mass is 10.2. The van der Waals surface area contributed by atoms with E-state index in [1.807, 2.05) is 24.3 Å². The largest absolute Gasteiger partial charge is 0.489 e. The van der Waals surface area contributed by atoms with Crippen LogP contribution in [0.1, 0.15) is 6.42 Å². The van der Waals surface area contributed by atoms with Crippen LogP contribution in [0.25, 0.3) is 0 Å². The van der Waals surface area contributed by atoms with E-state index >= 15 is 0 Å². The van der Waals surface area contributed by atoms with E-state index in [2.05, 4.69) is 27.9 Å². The summed E-state index contributed by atoms with van der Waals surface area (Å²) in [5.41, 5.74) is 0. The van der Waals surface area contributed by atoms with E-state index < -0.39 is 12.0 Å². The fourth-order valence-electron chi connectivity index (χ4n) is 1.71. The number of aliphatic carboxylic acids is 1. The minimum absolute atomic E-state index is 0.0562. The standard InChI is InChI=1S/C11H12INO3/c12-7-2-1-3-8(4-7)16-9-5-10(11(14)15)13-6-9/h1-4,9-10,13H,5-6H2,(H,14,15). The van der Waals surface area contributed by atoms with E-state index in [0.29, 0.717) is 13.0 Å². The zero-order valence-corrected chi connectivity index (χ0v) is 10.7. The molecule has 0 radical (unpaired) electrons. The number of nitrogens with one attached hydrogen (secondary N) is 1. The molecule has 0 saturated carbocycles. The Kier molecular flexibility index (Phi) is 3.65. The van der Waals surface area contributed by atoms with Gasteiger partial charge in [-0.3, -0.25) is 4.79 Å². The van der Waals surface area contributed by atoms with E-state index in [1.54, 1.807) is 0 Å². The van der Waals surface area contributed by atoms with Crippen molar-refractivity contribution in [3.63, 3.8) is 0 Å². The summed E-state index contributed by atoms with van der Waals surface area (Å²) in [5.74, 6) is -0.0153. The molecule has 4 nitrogen and oxygen atoms in total. The van der Waals surface area contributed by atoms with Crippen LogP contribution in [0.3, 0.4) is 0 Å². The topological polar surface area (TPSA) is 58.6 Å². The summed E-state index contributed by atoms with van der Waals surface area (Å²) in [6.45, 7) is 0.586. The number of hydrogen-bond acceptors (Lipinski definition) is 3. The van der Waals surface area contributed by atoms with Crippen LogP contribution in [-0.4, -0.2) is 29.8 Å². The summed E-state index contributed by atoms with van der Waals surface area (Å²) < 4.78 is 6.81. The molecule has 1 aromatic carbocycles. The van der Waals surface area contributed by atoms with Gasteiger partial charge in [-0.2, -0.15) is 0 Å². The molecule has 1 heterocycles. The van der Waals surface area contributed by atoms with Crippen molar-refractivity contribution in [2.24, 2.45) is 0 Å². The quantitative estimate of drug-likeness (QED) is 0.823. The van der Waals surface area contributed by atoms with E-state index in [4.69, 9.17) is 9.84 Å². The Labute approximate surface area is 107 Å². The van der Waals surface area contributed by atoms with Crippen LogP contribution in [0.15, 0.2) is 24.3 Å². The van der Waals surface area contributed by atoms with Crippen LogP contribution in [0.2, 0.25) is 0 Å². The van der Waals surface area contributed by atoms with Gasteiger partial charge in [-0.1, -0.05) is 6.07 Å². The fraction of sp³-hybridized carbons (Fsp3) is 0.364. The van der Waals surface area contributed by atoms with E-state index in [0.717, 1.165) is 9.32 Å². The number of halogens is 1. The van der Waals surface area contributed by atoms with Crippen LogP contribution in [0.4, 0.5) is 0 Å². The number of carboxylic acid groups (broad SMARTS) is 1. The third-order valence-electron chi connectivity index (χ3n) is 2.49. The van der Waals surface area contributed by atoms with Gasteiger partial charge in [-0.05, 0) is 40.8 Å². The molecule has 1 saturated heterocycles. The third-order valence-corrected chi connectivity index (χ3v) is 3.16.